The first kappa shape index (κ1) is 33.2. The summed E-state index contributed by atoms with van der Waals surface area (Å²) in [5.41, 5.74) is 1.71. The van der Waals surface area contributed by atoms with Crippen LogP contribution in [-0.4, -0.2) is 19.3 Å². The second-order valence-corrected chi connectivity index (χ2v) is 13.5. The van der Waals surface area contributed by atoms with Crippen LogP contribution < -0.4 is 4.74 Å². The van der Waals surface area contributed by atoms with Crippen LogP contribution in [0.3, 0.4) is 0 Å². The van der Waals surface area contributed by atoms with Gasteiger partial charge in [0.1, 0.15) is 17.4 Å². The number of aryl methyl sites for hydroxylation is 1. The molecule has 0 atom stereocenters. The van der Waals surface area contributed by atoms with Gasteiger partial charge in [0, 0.05) is 17.5 Å². The molecule has 1 saturated heterocycles. The van der Waals surface area contributed by atoms with Crippen molar-refractivity contribution in [3.05, 3.63) is 64.7 Å². The standard InChI is InChI=1S/C37H50F4O3/c1-3-5-6-8-25-9-11-26(12-10-25)30-23-42-36(43-24-30)29-16-20-33(35(39)21-29)27-13-17-31(18-14-27)37(40,41)44-32-19-15-28(7-4-2)34(38)22-32/h15-16,19-22,25-27,30-31,36H,3-14,17-18,23-24H2,1-2H3. The number of hydrogen-bond donors (Lipinski definition) is 0. The predicted molar refractivity (Wildman–Crippen MR) is 165 cm³/mol. The van der Waals surface area contributed by atoms with E-state index < -0.39 is 24.1 Å². The highest BCUT2D eigenvalue weighted by atomic mass is 19.3. The molecule has 2 aromatic carbocycles. The third-order valence-electron chi connectivity index (χ3n) is 10.4. The molecule has 0 N–H and O–H groups in total. The van der Waals surface area contributed by atoms with E-state index in [1.807, 2.05) is 13.0 Å². The van der Waals surface area contributed by atoms with Gasteiger partial charge in [0.25, 0.3) is 0 Å². The maximum absolute atomic E-state index is 15.3. The van der Waals surface area contributed by atoms with Crippen LogP contribution in [0.15, 0.2) is 36.4 Å². The molecule has 244 valence electrons. The number of unbranched alkanes of at least 4 members (excludes halogenated alkanes) is 2. The zero-order valence-corrected chi connectivity index (χ0v) is 26.5. The number of benzene rings is 2. The van der Waals surface area contributed by atoms with E-state index in [1.165, 1.54) is 69.6 Å². The van der Waals surface area contributed by atoms with Crippen molar-refractivity contribution in [2.75, 3.05) is 13.2 Å². The zero-order chi connectivity index (χ0) is 31.1. The SMILES string of the molecule is CCCCCC1CCC(C2COC(c3ccc(C4CCC(C(F)(F)Oc5ccc(CCC)c(F)c5)CC4)c(F)c3)OC2)CC1. The average Bonchev–Trinajstić information content (AvgIpc) is 3.03. The molecule has 2 aromatic rings. The van der Waals surface area contributed by atoms with Crippen molar-refractivity contribution in [3.8, 4) is 5.75 Å². The molecule has 3 aliphatic rings. The van der Waals surface area contributed by atoms with Crippen LogP contribution >= 0.6 is 0 Å². The fourth-order valence-corrected chi connectivity index (χ4v) is 7.68. The van der Waals surface area contributed by atoms with Crippen LogP contribution in [0.5, 0.6) is 5.75 Å². The summed E-state index contributed by atoms with van der Waals surface area (Å²) in [5, 5.41) is 0. The van der Waals surface area contributed by atoms with E-state index in [9.17, 15) is 4.39 Å². The molecular formula is C37H50F4O3. The molecule has 2 aliphatic carbocycles. The Morgan fingerprint density at radius 2 is 1.50 bits per heavy atom. The van der Waals surface area contributed by atoms with E-state index in [1.54, 1.807) is 6.07 Å². The monoisotopic (exact) mass is 618 g/mol. The molecule has 0 aromatic heterocycles. The van der Waals surface area contributed by atoms with Gasteiger partial charge in [-0.15, -0.1) is 0 Å². The Kier molecular flexibility index (Phi) is 11.7. The summed E-state index contributed by atoms with van der Waals surface area (Å²) in [4.78, 5) is 0. The molecule has 1 aliphatic heterocycles. The second-order valence-electron chi connectivity index (χ2n) is 13.5. The predicted octanol–water partition coefficient (Wildman–Crippen LogP) is 10.9. The molecule has 2 saturated carbocycles. The summed E-state index contributed by atoms with van der Waals surface area (Å²) in [5.74, 6) is -0.281. The fourth-order valence-electron chi connectivity index (χ4n) is 7.68. The number of halogens is 4. The highest BCUT2D eigenvalue weighted by Crippen LogP contribution is 2.44. The van der Waals surface area contributed by atoms with Crippen molar-refractivity contribution in [1.29, 1.82) is 0 Å². The van der Waals surface area contributed by atoms with Gasteiger partial charge >= 0.3 is 6.11 Å². The van der Waals surface area contributed by atoms with Crippen molar-refractivity contribution < 1.29 is 31.8 Å². The Hall–Kier alpha value is -2.12. The van der Waals surface area contributed by atoms with Crippen LogP contribution in [-0.2, 0) is 15.9 Å². The third-order valence-corrected chi connectivity index (χ3v) is 10.4. The van der Waals surface area contributed by atoms with E-state index in [4.69, 9.17) is 14.2 Å². The summed E-state index contributed by atoms with van der Waals surface area (Å²) in [6, 6.07) is 9.07. The van der Waals surface area contributed by atoms with Gasteiger partial charge in [-0.1, -0.05) is 77.0 Å². The van der Waals surface area contributed by atoms with E-state index in [-0.39, 0.29) is 30.3 Å². The van der Waals surface area contributed by atoms with Gasteiger partial charge < -0.3 is 14.2 Å². The summed E-state index contributed by atoms with van der Waals surface area (Å²) in [7, 11) is 0. The maximum Gasteiger partial charge on any atom is 0.400 e. The van der Waals surface area contributed by atoms with Gasteiger partial charge in [0.15, 0.2) is 6.29 Å². The van der Waals surface area contributed by atoms with Gasteiger partial charge in [0.05, 0.1) is 19.1 Å². The lowest BCUT2D eigenvalue weighted by Gasteiger charge is -2.38. The molecule has 0 bridgehead atoms. The van der Waals surface area contributed by atoms with E-state index in [0.29, 0.717) is 61.0 Å². The second kappa shape index (κ2) is 15.4. The van der Waals surface area contributed by atoms with Crippen molar-refractivity contribution in [1.82, 2.24) is 0 Å². The minimum Gasteiger partial charge on any atom is -0.432 e. The van der Waals surface area contributed by atoms with Gasteiger partial charge in [-0.3, -0.25) is 0 Å². The molecular weight excluding hydrogens is 568 g/mol. The largest absolute Gasteiger partial charge is 0.432 e. The van der Waals surface area contributed by atoms with Crippen molar-refractivity contribution >= 4 is 0 Å². The summed E-state index contributed by atoms with van der Waals surface area (Å²) < 4.78 is 76.8. The lowest BCUT2D eigenvalue weighted by atomic mass is 9.74. The number of rotatable bonds is 12. The minimum absolute atomic E-state index is 0.142. The molecule has 5 rings (SSSR count). The van der Waals surface area contributed by atoms with Crippen LogP contribution in [0.2, 0.25) is 0 Å². The maximum atomic E-state index is 15.3. The van der Waals surface area contributed by atoms with E-state index in [0.717, 1.165) is 18.4 Å². The average molecular weight is 619 g/mol. The Morgan fingerprint density at radius 1 is 0.773 bits per heavy atom. The first-order valence-corrected chi connectivity index (χ1v) is 17.1. The number of hydrogen-bond acceptors (Lipinski definition) is 3. The van der Waals surface area contributed by atoms with Crippen LogP contribution in [0, 0.1) is 35.3 Å². The third kappa shape index (κ3) is 8.37. The minimum atomic E-state index is -3.42. The molecule has 7 heteroatoms. The lowest BCUT2D eigenvalue weighted by molar-refractivity contribution is -0.222. The van der Waals surface area contributed by atoms with Crippen molar-refractivity contribution in [2.45, 2.75) is 122 Å². The topological polar surface area (TPSA) is 27.7 Å². The number of ether oxygens (including phenoxy) is 3. The van der Waals surface area contributed by atoms with E-state index in [2.05, 4.69) is 6.92 Å². The molecule has 1 heterocycles. The smallest absolute Gasteiger partial charge is 0.400 e. The van der Waals surface area contributed by atoms with Gasteiger partial charge in [-0.2, -0.15) is 8.78 Å². The van der Waals surface area contributed by atoms with Crippen molar-refractivity contribution in [3.63, 3.8) is 0 Å². The molecule has 0 radical (unpaired) electrons. The molecule has 0 spiro atoms. The van der Waals surface area contributed by atoms with Gasteiger partial charge in [-0.25, -0.2) is 8.78 Å². The Morgan fingerprint density at radius 3 is 2.14 bits per heavy atom. The Balaban J connectivity index is 1.08. The Bertz CT molecular complexity index is 1180. The molecule has 3 fully saturated rings. The molecule has 0 unspecified atom stereocenters. The molecule has 3 nitrogen and oxygen atoms in total. The van der Waals surface area contributed by atoms with Crippen LogP contribution in [0.1, 0.15) is 126 Å². The Labute approximate surface area is 261 Å². The van der Waals surface area contributed by atoms with E-state index >= 15 is 13.2 Å². The van der Waals surface area contributed by atoms with Crippen LogP contribution in [0.25, 0.3) is 0 Å². The quantitative estimate of drug-likeness (QED) is 0.175. The normalized spacial score (nSPS) is 28.1. The number of alkyl halides is 2. The first-order valence-electron chi connectivity index (χ1n) is 17.1. The van der Waals surface area contributed by atoms with Gasteiger partial charge in [-0.05, 0) is 86.0 Å². The summed E-state index contributed by atoms with van der Waals surface area (Å²) in [6.45, 7) is 5.46. The summed E-state index contributed by atoms with van der Waals surface area (Å²) in [6.07, 6.45) is 9.00. The molecule has 0 amide bonds. The van der Waals surface area contributed by atoms with Crippen molar-refractivity contribution in [2.24, 2.45) is 23.7 Å². The van der Waals surface area contributed by atoms with Gasteiger partial charge in [0.2, 0.25) is 0 Å². The first-order chi connectivity index (χ1) is 21.3. The molecule has 44 heavy (non-hydrogen) atoms. The van der Waals surface area contributed by atoms with Crippen LogP contribution in [0.4, 0.5) is 17.6 Å². The highest BCUT2D eigenvalue weighted by molar-refractivity contribution is 5.30. The zero-order valence-electron chi connectivity index (χ0n) is 26.5. The summed E-state index contributed by atoms with van der Waals surface area (Å²) >= 11 is 0. The lowest BCUT2D eigenvalue weighted by Crippen LogP contribution is -2.37. The highest BCUT2D eigenvalue weighted by Gasteiger charge is 2.44. The fraction of sp³-hybridized carbons (Fsp3) is 0.676.